The number of halogens is 2. The highest BCUT2D eigenvalue weighted by molar-refractivity contribution is 7.99. The molecule has 0 aromatic heterocycles. The van der Waals surface area contributed by atoms with Gasteiger partial charge in [0.05, 0.1) is 12.9 Å². The molecule has 8 heteroatoms. The zero-order valence-corrected chi connectivity index (χ0v) is 22.7. The first-order valence-corrected chi connectivity index (χ1v) is 14.1. The summed E-state index contributed by atoms with van der Waals surface area (Å²) in [6, 6.07) is 12.7. The summed E-state index contributed by atoms with van der Waals surface area (Å²) < 4.78 is 5.26. The number of amides is 2. The van der Waals surface area contributed by atoms with E-state index in [1.165, 1.54) is 18.2 Å². The van der Waals surface area contributed by atoms with Crippen LogP contribution in [0.25, 0.3) is 0 Å². The van der Waals surface area contributed by atoms with E-state index < -0.39 is 6.04 Å². The maximum atomic E-state index is 13.5. The summed E-state index contributed by atoms with van der Waals surface area (Å²) in [5.41, 5.74) is 1.76. The quantitative estimate of drug-likeness (QED) is 0.356. The van der Waals surface area contributed by atoms with Crippen LogP contribution in [0.3, 0.4) is 0 Å². The number of hydrogen-bond donors (Lipinski definition) is 1. The molecule has 190 valence electrons. The number of hydrogen-bond acceptors (Lipinski definition) is 4. The number of benzene rings is 2. The van der Waals surface area contributed by atoms with Crippen molar-refractivity contribution in [2.45, 2.75) is 69.8 Å². The molecule has 1 atom stereocenters. The smallest absolute Gasteiger partial charge is 0.243 e. The maximum Gasteiger partial charge on any atom is 0.243 e. The molecule has 0 radical (unpaired) electrons. The molecular weight excluding hydrogens is 503 g/mol. The number of carbonyl (C=O) groups excluding carboxylic acids is 2. The standard InChI is InChI=1S/C27H34Cl2N2O3S/c1-3-25(27(33)30-20-8-5-4-6-9-20)31(16-19-12-14-21(34-2)15-13-19)26(32)18-35-17-22-23(28)10-7-11-24(22)29/h7,10-15,20,25H,3-6,8-9,16-18H2,1-2H3,(H,30,33)/t25-/m0/s1. The van der Waals surface area contributed by atoms with Gasteiger partial charge in [0.25, 0.3) is 0 Å². The van der Waals surface area contributed by atoms with Crippen molar-refractivity contribution in [3.05, 3.63) is 63.6 Å². The molecule has 1 fully saturated rings. The highest BCUT2D eigenvalue weighted by Gasteiger charge is 2.30. The fourth-order valence-corrected chi connectivity index (χ4v) is 6.03. The largest absolute Gasteiger partial charge is 0.497 e. The van der Waals surface area contributed by atoms with Gasteiger partial charge in [-0.15, -0.1) is 11.8 Å². The zero-order chi connectivity index (χ0) is 25.2. The normalized spacial score (nSPS) is 14.9. The van der Waals surface area contributed by atoms with Crippen molar-refractivity contribution in [3.8, 4) is 5.75 Å². The predicted octanol–water partition coefficient (Wildman–Crippen LogP) is 6.49. The first kappa shape index (κ1) is 27.7. The summed E-state index contributed by atoms with van der Waals surface area (Å²) in [4.78, 5) is 28.5. The molecule has 0 unspecified atom stereocenters. The van der Waals surface area contributed by atoms with Crippen molar-refractivity contribution in [3.63, 3.8) is 0 Å². The van der Waals surface area contributed by atoms with Gasteiger partial charge in [-0.3, -0.25) is 9.59 Å². The molecule has 1 N–H and O–H groups in total. The third kappa shape index (κ3) is 8.06. The van der Waals surface area contributed by atoms with Crippen LogP contribution < -0.4 is 10.1 Å². The van der Waals surface area contributed by atoms with E-state index in [4.69, 9.17) is 27.9 Å². The van der Waals surface area contributed by atoms with Gasteiger partial charge in [0.2, 0.25) is 11.8 Å². The Morgan fingerprint density at radius 2 is 1.74 bits per heavy atom. The molecule has 2 amide bonds. The van der Waals surface area contributed by atoms with Gasteiger partial charge in [-0.05, 0) is 54.7 Å². The van der Waals surface area contributed by atoms with Crippen LogP contribution in [0.2, 0.25) is 10.0 Å². The van der Waals surface area contributed by atoms with Crippen molar-refractivity contribution >= 4 is 46.8 Å². The molecule has 1 saturated carbocycles. The Kier molecular flexibility index (Phi) is 11.1. The average molecular weight is 538 g/mol. The lowest BCUT2D eigenvalue weighted by Gasteiger charge is -2.32. The lowest BCUT2D eigenvalue weighted by Crippen LogP contribution is -2.52. The topological polar surface area (TPSA) is 58.6 Å². The summed E-state index contributed by atoms with van der Waals surface area (Å²) >= 11 is 14.0. The van der Waals surface area contributed by atoms with Gasteiger partial charge in [-0.2, -0.15) is 0 Å². The van der Waals surface area contributed by atoms with E-state index in [-0.39, 0.29) is 23.6 Å². The molecule has 3 rings (SSSR count). The van der Waals surface area contributed by atoms with E-state index in [0.29, 0.717) is 28.8 Å². The number of rotatable bonds is 11. The molecule has 0 saturated heterocycles. The minimum absolute atomic E-state index is 0.0691. The second-order valence-corrected chi connectivity index (χ2v) is 10.6. The Hall–Kier alpha value is -1.89. The number of carbonyl (C=O) groups is 2. The molecule has 0 heterocycles. The second kappa shape index (κ2) is 14.0. The van der Waals surface area contributed by atoms with Gasteiger partial charge in [-0.1, -0.05) is 67.6 Å². The number of ether oxygens (including phenoxy) is 1. The summed E-state index contributed by atoms with van der Waals surface area (Å²) in [5.74, 6) is 1.34. The fourth-order valence-electron chi connectivity index (χ4n) is 4.38. The van der Waals surface area contributed by atoms with Crippen molar-refractivity contribution in [1.29, 1.82) is 0 Å². The van der Waals surface area contributed by atoms with E-state index in [1.807, 2.05) is 31.2 Å². The summed E-state index contributed by atoms with van der Waals surface area (Å²) in [7, 11) is 1.62. The number of nitrogens with zero attached hydrogens (tertiary/aromatic N) is 1. The van der Waals surface area contributed by atoms with Crippen LogP contribution in [-0.2, 0) is 21.9 Å². The third-order valence-corrected chi connectivity index (χ3v) is 8.04. The van der Waals surface area contributed by atoms with E-state index >= 15 is 0 Å². The second-order valence-electron chi connectivity index (χ2n) is 8.83. The zero-order valence-electron chi connectivity index (χ0n) is 20.4. The van der Waals surface area contributed by atoms with Gasteiger partial charge in [0.15, 0.2) is 0 Å². The molecular formula is C27H34Cl2N2O3S. The first-order valence-electron chi connectivity index (χ1n) is 12.2. The van der Waals surface area contributed by atoms with Crippen LogP contribution >= 0.6 is 35.0 Å². The SMILES string of the molecule is CC[C@@H](C(=O)NC1CCCCC1)N(Cc1ccc(OC)cc1)C(=O)CSCc1c(Cl)cccc1Cl. The number of methoxy groups -OCH3 is 1. The highest BCUT2D eigenvalue weighted by Crippen LogP contribution is 2.29. The molecule has 35 heavy (non-hydrogen) atoms. The molecule has 5 nitrogen and oxygen atoms in total. The Balaban J connectivity index is 1.73. The van der Waals surface area contributed by atoms with Crippen LogP contribution in [0.4, 0.5) is 0 Å². The fraction of sp³-hybridized carbons (Fsp3) is 0.481. The van der Waals surface area contributed by atoms with Gasteiger partial charge in [0.1, 0.15) is 11.8 Å². The van der Waals surface area contributed by atoms with E-state index in [2.05, 4.69) is 5.32 Å². The monoisotopic (exact) mass is 536 g/mol. The Morgan fingerprint density at radius 1 is 1.09 bits per heavy atom. The van der Waals surface area contributed by atoms with Crippen LogP contribution in [0.1, 0.15) is 56.6 Å². The van der Waals surface area contributed by atoms with Crippen molar-refractivity contribution in [2.75, 3.05) is 12.9 Å². The number of thioether (sulfide) groups is 1. The summed E-state index contributed by atoms with van der Waals surface area (Å²) in [6.07, 6.45) is 6.04. The third-order valence-electron chi connectivity index (χ3n) is 6.38. The van der Waals surface area contributed by atoms with Crippen LogP contribution in [0.15, 0.2) is 42.5 Å². The lowest BCUT2D eigenvalue weighted by atomic mass is 9.95. The molecule has 1 aliphatic rings. The van der Waals surface area contributed by atoms with Gasteiger partial charge in [0, 0.05) is 28.4 Å². The highest BCUT2D eigenvalue weighted by atomic mass is 35.5. The van der Waals surface area contributed by atoms with Crippen LogP contribution in [-0.4, -0.2) is 41.7 Å². The maximum absolute atomic E-state index is 13.5. The molecule has 0 bridgehead atoms. The van der Waals surface area contributed by atoms with Crippen molar-refractivity contribution in [1.82, 2.24) is 10.2 Å². The van der Waals surface area contributed by atoms with Gasteiger partial charge >= 0.3 is 0 Å². The average Bonchev–Trinajstić information content (AvgIpc) is 2.86. The van der Waals surface area contributed by atoms with E-state index in [1.54, 1.807) is 30.2 Å². The minimum atomic E-state index is -0.531. The Labute approximate surface area is 222 Å². The molecule has 2 aromatic carbocycles. The first-order chi connectivity index (χ1) is 16.9. The van der Waals surface area contributed by atoms with Crippen molar-refractivity contribution < 1.29 is 14.3 Å². The lowest BCUT2D eigenvalue weighted by molar-refractivity contribution is -0.139. The van der Waals surface area contributed by atoms with Gasteiger partial charge < -0.3 is 15.0 Å². The van der Waals surface area contributed by atoms with Gasteiger partial charge in [-0.25, -0.2) is 0 Å². The predicted molar refractivity (Wildman–Crippen MR) is 145 cm³/mol. The molecule has 0 spiro atoms. The minimum Gasteiger partial charge on any atom is -0.497 e. The van der Waals surface area contributed by atoms with E-state index in [9.17, 15) is 9.59 Å². The molecule has 1 aliphatic carbocycles. The number of nitrogens with one attached hydrogen (secondary N) is 1. The molecule has 2 aromatic rings. The summed E-state index contributed by atoms with van der Waals surface area (Å²) in [6.45, 7) is 2.31. The van der Waals surface area contributed by atoms with Crippen molar-refractivity contribution in [2.24, 2.45) is 0 Å². The van der Waals surface area contributed by atoms with Crippen LogP contribution in [0, 0.1) is 0 Å². The van der Waals surface area contributed by atoms with E-state index in [0.717, 1.165) is 42.6 Å². The molecule has 0 aliphatic heterocycles. The summed E-state index contributed by atoms with van der Waals surface area (Å²) in [5, 5.41) is 4.39. The van der Waals surface area contributed by atoms with Crippen LogP contribution in [0.5, 0.6) is 5.75 Å². The Morgan fingerprint density at radius 3 is 2.34 bits per heavy atom. The Bertz CT molecular complexity index is 961.